The van der Waals surface area contributed by atoms with E-state index in [1.807, 2.05) is 24.3 Å². The molecule has 2 fully saturated rings. The fourth-order valence-electron chi connectivity index (χ4n) is 3.48. The van der Waals surface area contributed by atoms with Crippen LogP contribution in [0.2, 0.25) is 0 Å². The van der Waals surface area contributed by atoms with E-state index in [2.05, 4.69) is 10.2 Å². The van der Waals surface area contributed by atoms with Gasteiger partial charge in [-0.15, -0.1) is 0 Å². The Morgan fingerprint density at radius 3 is 2.30 bits per heavy atom. The zero-order valence-electron chi connectivity index (χ0n) is 14.9. The van der Waals surface area contributed by atoms with E-state index >= 15 is 0 Å². The molecule has 3 N–H and O–H groups in total. The molecule has 144 valence electrons. The molecule has 2 aliphatic rings. The SMILES string of the molecule is C.Nc1ccccc1NC(=O)c1ccc(OC2CCN(C3CC3)CC2)cc1. The molecule has 0 spiro atoms. The highest BCUT2D eigenvalue weighted by atomic mass is 16.5. The molecule has 2 aromatic rings. The maximum absolute atomic E-state index is 12.4. The fourth-order valence-corrected chi connectivity index (χ4v) is 3.48. The lowest BCUT2D eigenvalue weighted by Crippen LogP contribution is -2.39. The molecule has 0 aromatic heterocycles. The minimum absolute atomic E-state index is 0. The number of nitrogen functional groups attached to an aromatic ring is 1. The number of likely N-dealkylation sites (tertiary alicyclic amines) is 1. The molecule has 1 amide bonds. The van der Waals surface area contributed by atoms with Gasteiger partial charge in [-0.2, -0.15) is 0 Å². The smallest absolute Gasteiger partial charge is 0.255 e. The van der Waals surface area contributed by atoms with E-state index in [0.717, 1.165) is 37.7 Å². The van der Waals surface area contributed by atoms with Crippen molar-refractivity contribution in [3.8, 4) is 5.75 Å². The average molecular weight is 367 g/mol. The van der Waals surface area contributed by atoms with Crippen LogP contribution in [0.3, 0.4) is 0 Å². The first kappa shape index (κ1) is 19.2. The van der Waals surface area contributed by atoms with Gasteiger partial charge in [-0.05, 0) is 62.1 Å². The Labute approximate surface area is 161 Å². The summed E-state index contributed by atoms with van der Waals surface area (Å²) in [6.45, 7) is 2.27. The molecule has 1 saturated heterocycles. The largest absolute Gasteiger partial charge is 0.490 e. The summed E-state index contributed by atoms with van der Waals surface area (Å²) in [5.41, 5.74) is 7.64. The van der Waals surface area contributed by atoms with Crippen LogP contribution in [0.5, 0.6) is 5.75 Å². The number of anilines is 2. The van der Waals surface area contributed by atoms with Gasteiger partial charge in [0, 0.05) is 24.7 Å². The molecule has 0 atom stereocenters. The van der Waals surface area contributed by atoms with Gasteiger partial charge in [0.15, 0.2) is 0 Å². The van der Waals surface area contributed by atoms with Crippen molar-refractivity contribution in [1.29, 1.82) is 0 Å². The summed E-state index contributed by atoms with van der Waals surface area (Å²) in [6.07, 6.45) is 5.15. The molecule has 5 heteroatoms. The first-order valence-electron chi connectivity index (χ1n) is 9.35. The number of para-hydroxylation sites is 2. The molecule has 0 unspecified atom stereocenters. The molecule has 4 rings (SSSR count). The Morgan fingerprint density at radius 1 is 1.00 bits per heavy atom. The summed E-state index contributed by atoms with van der Waals surface area (Å²) in [4.78, 5) is 14.9. The van der Waals surface area contributed by atoms with Gasteiger partial charge in [0.05, 0.1) is 11.4 Å². The number of carbonyl (C=O) groups excluding carboxylic acids is 1. The van der Waals surface area contributed by atoms with Gasteiger partial charge >= 0.3 is 0 Å². The quantitative estimate of drug-likeness (QED) is 0.779. The van der Waals surface area contributed by atoms with Crippen LogP contribution < -0.4 is 15.8 Å². The number of hydrogen-bond acceptors (Lipinski definition) is 4. The number of nitrogens with one attached hydrogen (secondary N) is 1. The summed E-state index contributed by atoms with van der Waals surface area (Å²) < 4.78 is 6.10. The number of nitrogens with two attached hydrogens (primary N) is 1. The molecule has 1 heterocycles. The van der Waals surface area contributed by atoms with Gasteiger partial charge in [0.25, 0.3) is 5.91 Å². The Hall–Kier alpha value is -2.53. The molecule has 1 saturated carbocycles. The number of ether oxygens (including phenoxy) is 1. The van der Waals surface area contributed by atoms with E-state index in [1.54, 1.807) is 24.3 Å². The van der Waals surface area contributed by atoms with Crippen molar-refractivity contribution >= 4 is 17.3 Å². The highest BCUT2D eigenvalue weighted by Gasteiger charge is 2.32. The number of carbonyl (C=O) groups is 1. The third-order valence-corrected chi connectivity index (χ3v) is 5.17. The normalized spacial score (nSPS) is 17.8. The number of piperidine rings is 1. The topological polar surface area (TPSA) is 67.6 Å². The number of nitrogens with zero attached hydrogens (tertiary/aromatic N) is 1. The minimum atomic E-state index is -0.174. The summed E-state index contributed by atoms with van der Waals surface area (Å²) in [5.74, 6) is 0.651. The molecular weight excluding hydrogens is 338 g/mol. The molecule has 5 nitrogen and oxygen atoms in total. The monoisotopic (exact) mass is 367 g/mol. The number of benzene rings is 2. The summed E-state index contributed by atoms with van der Waals surface area (Å²) >= 11 is 0. The van der Waals surface area contributed by atoms with E-state index in [1.165, 1.54) is 12.8 Å². The van der Waals surface area contributed by atoms with Gasteiger partial charge in [-0.1, -0.05) is 19.6 Å². The molecule has 2 aromatic carbocycles. The van der Waals surface area contributed by atoms with Crippen LogP contribution in [0.4, 0.5) is 11.4 Å². The van der Waals surface area contributed by atoms with Gasteiger partial charge in [-0.25, -0.2) is 0 Å². The Balaban J connectivity index is 0.00000210. The highest BCUT2D eigenvalue weighted by molar-refractivity contribution is 6.05. The summed E-state index contributed by atoms with van der Waals surface area (Å²) in [6, 6.07) is 15.4. The van der Waals surface area contributed by atoms with Crippen LogP contribution in [0.15, 0.2) is 48.5 Å². The third kappa shape index (κ3) is 4.80. The Kier molecular flexibility index (Phi) is 6.01. The first-order chi connectivity index (χ1) is 12.7. The van der Waals surface area contributed by atoms with Crippen LogP contribution in [0, 0.1) is 0 Å². The summed E-state index contributed by atoms with van der Waals surface area (Å²) in [5, 5.41) is 2.84. The predicted octanol–water partition coefficient (Wildman–Crippen LogP) is 4.16. The zero-order chi connectivity index (χ0) is 17.9. The maximum Gasteiger partial charge on any atom is 0.255 e. The van der Waals surface area contributed by atoms with E-state index in [-0.39, 0.29) is 19.4 Å². The van der Waals surface area contributed by atoms with Gasteiger partial charge in [0.1, 0.15) is 11.9 Å². The molecule has 1 aliphatic carbocycles. The van der Waals surface area contributed by atoms with E-state index in [9.17, 15) is 4.79 Å². The maximum atomic E-state index is 12.4. The van der Waals surface area contributed by atoms with Crippen molar-refractivity contribution in [1.82, 2.24) is 4.90 Å². The fraction of sp³-hybridized carbons (Fsp3) is 0.409. The Morgan fingerprint density at radius 2 is 1.67 bits per heavy atom. The highest BCUT2D eigenvalue weighted by Crippen LogP contribution is 2.30. The zero-order valence-corrected chi connectivity index (χ0v) is 14.9. The van der Waals surface area contributed by atoms with Crippen molar-refractivity contribution in [2.75, 3.05) is 24.1 Å². The van der Waals surface area contributed by atoms with Gasteiger partial charge in [0.2, 0.25) is 0 Å². The van der Waals surface area contributed by atoms with Crippen molar-refractivity contribution in [2.45, 2.75) is 45.3 Å². The molecule has 1 aliphatic heterocycles. The van der Waals surface area contributed by atoms with Gasteiger partial charge < -0.3 is 20.7 Å². The number of rotatable bonds is 5. The van der Waals surface area contributed by atoms with E-state index in [0.29, 0.717) is 16.9 Å². The van der Waals surface area contributed by atoms with Crippen molar-refractivity contribution < 1.29 is 9.53 Å². The molecule has 0 bridgehead atoms. The van der Waals surface area contributed by atoms with Crippen LogP contribution in [-0.4, -0.2) is 36.0 Å². The van der Waals surface area contributed by atoms with Crippen molar-refractivity contribution in [3.05, 3.63) is 54.1 Å². The predicted molar refractivity (Wildman–Crippen MR) is 110 cm³/mol. The van der Waals surface area contributed by atoms with Crippen LogP contribution in [-0.2, 0) is 0 Å². The van der Waals surface area contributed by atoms with Crippen LogP contribution >= 0.6 is 0 Å². The number of amides is 1. The average Bonchev–Trinajstić information content (AvgIpc) is 3.50. The lowest BCUT2D eigenvalue weighted by molar-refractivity contribution is 0.0965. The lowest BCUT2D eigenvalue weighted by Gasteiger charge is -2.32. The van der Waals surface area contributed by atoms with Crippen LogP contribution in [0.25, 0.3) is 0 Å². The second-order valence-electron chi connectivity index (χ2n) is 7.15. The second-order valence-corrected chi connectivity index (χ2v) is 7.15. The lowest BCUT2D eigenvalue weighted by atomic mass is 10.1. The first-order valence-corrected chi connectivity index (χ1v) is 9.35. The van der Waals surface area contributed by atoms with E-state index in [4.69, 9.17) is 10.5 Å². The minimum Gasteiger partial charge on any atom is -0.490 e. The van der Waals surface area contributed by atoms with Crippen molar-refractivity contribution in [3.63, 3.8) is 0 Å². The second kappa shape index (κ2) is 8.44. The van der Waals surface area contributed by atoms with Crippen LogP contribution in [0.1, 0.15) is 43.5 Å². The third-order valence-electron chi connectivity index (χ3n) is 5.17. The van der Waals surface area contributed by atoms with Crippen molar-refractivity contribution in [2.24, 2.45) is 0 Å². The molecular formula is C22H29N3O2. The van der Waals surface area contributed by atoms with Gasteiger partial charge in [-0.3, -0.25) is 4.79 Å². The van der Waals surface area contributed by atoms with E-state index < -0.39 is 0 Å². The Bertz CT molecular complexity index is 763. The summed E-state index contributed by atoms with van der Waals surface area (Å²) in [7, 11) is 0. The number of hydrogen-bond donors (Lipinski definition) is 2. The molecule has 0 radical (unpaired) electrons. The standard InChI is InChI=1S/C21H25N3O2.CH4/c22-19-3-1-2-4-20(19)23-21(25)15-5-9-17(10-6-15)26-18-11-13-24(14-12-18)16-7-8-16;/h1-6,9-10,16,18H,7-8,11-14,22H2,(H,23,25);1H4. The molecule has 27 heavy (non-hydrogen) atoms.